The van der Waals surface area contributed by atoms with Gasteiger partial charge in [-0.3, -0.25) is 9.59 Å². The Morgan fingerprint density at radius 1 is 1.56 bits per heavy atom. The highest BCUT2D eigenvalue weighted by Gasteiger charge is 2.18. The molecule has 6 heteroatoms. The van der Waals surface area contributed by atoms with E-state index in [2.05, 4.69) is 0 Å². The van der Waals surface area contributed by atoms with Gasteiger partial charge in [-0.2, -0.15) is 0 Å². The van der Waals surface area contributed by atoms with E-state index in [1.54, 1.807) is 12.4 Å². The number of hydrogen-bond donors (Lipinski definition) is 1. The number of rotatable bonds is 4. The van der Waals surface area contributed by atoms with Gasteiger partial charge >= 0.3 is 5.97 Å². The molecule has 1 N–H and O–H groups in total. The number of carbonyl (C=O) groups is 2. The van der Waals surface area contributed by atoms with E-state index >= 15 is 0 Å². The van der Waals surface area contributed by atoms with Gasteiger partial charge in [-0.25, -0.2) is 0 Å². The van der Waals surface area contributed by atoms with Crippen molar-refractivity contribution in [2.75, 3.05) is 13.6 Å². The molecule has 1 amide bonds. The van der Waals surface area contributed by atoms with Crippen molar-refractivity contribution >= 4 is 34.8 Å². The Morgan fingerprint density at radius 3 is 2.62 bits per heavy atom. The zero-order chi connectivity index (χ0) is 12.3. The molecule has 1 heterocycles. The molecular formula is C10H12ClNO3S. The third kappa shape index (κ3) is 2.96. The number of aliphatic carboxylic acids is 1. The lowest BCUT2D eigenvalue weighted by molar-refractivity contribution is -0.137. The summed E-state index contributed by atoms with van der Waals surface area (Å²) < 4.78 is 0. The molecule has 0 aromatic carbocycles. The molecule has 0 bridgehead atoms. The molecule has 0 aliphatic heterocycles. The van der Waals surface area contributed by atoms with Crippen LogP contribution in [0.4, 0.5) is 0 Å². The first-order valence-electron chi connectivity index (χ1n) is 4.64. The molecule has 0 fully saturated rings. The molecule has 0 saturated carbocycles. The number of carboxylic acid groups (broad SMARTS) is 1. The highest BCUT2D eigenvalue weighted by molar-refractivity contribution is 7.13. The monoisotopic (exact) mass is 261 g/mol. The van der Waals surface area contributed by atoms with Gasteiger partial charge in [0.15, 0.2) is 0 Å². The molecule has 16 heavy (non-hydrogen) atoms. The minimum Gasteiger partial charge on any atom is -0.481 e. The zero-order valence-corrected chi connectivity index (χ0v) is 10.6. The van der Waals surface area contributed by atoms with Crippen LogP contribution in [0.5, 0.6) is 0 Å². The van der Waals surface area contributed by atoms with Crippen LogP contribution in [0, 0.1) is 6.92 Å². The molecule has 1 aromatic heterocycles. The van der Waals surface area contributed by atoms with Crippen molar-refractivity contribution in [3.63, 3.8) is 0 Å². The van der Waals surface area contributed by atoms with Crippen LogP contribution < -0.4 is 0 Å². The Balaban J connectivity index is 2.71. The molecule has 4 nitrogen and oxygen atoms in total. The first-order chi connectivity index (χ1) is 7.43. The Bertz CT molecular complexity index is 416. The van der Waals surface area contributed by atoms with E-state index in [-0.39, 0.29) is 18.9 Å². The van der Waals surface area contributed by atoms with Crippen LogP contribution in [0.3, 0.4) is 0 Å². The molecule has 0 aliphatic carbocycles. The minimum atomic E-state index is -0.923. The number of halogens is 1. The van der Waals surface area contributed by atoms with Crippen molar-refractivity contribution in [3.05, 3.63) is 20.8 Å². The molecule has 1 aromatic rings. The summed E-state index contributed by atoms with van der Waals surface area (Å²) in [7, 11) is 1.57. The summed E-state index contributed by atoms with van der Waals surface area (Å²) in [5.74, 6) is -1.16. The second-order valence-electron chi connectivity index (χ2n) is 3.43. The quantitative estimate of drug-likeness (QED) is 0.904. The Hall–Kier alpha value is -1.07. The van der Waals surface area contributed by atoms with Gasteiger partial charge in [-0.1, -0.05) is 11.6 Å². The van der Waals surface area contributed by atoms with Crippen LogP contribution in [0.15, 0.2) is 5.38 Å². The maximum Gasteiger partial charge on any atom is 0.305 e. The number of carbonyl (C=O) groups excluding carboxylic acids is 1. The van der Waals surface area contributed by atoms with Crippen LogP contribution in [0.1, 0.15) is 21.7 Å². The Morgan fingerprint density at radius 2 is 2.19 bits per heavy atom. The molecule has 0 aliphatic rings. The van der Waals surface area contributed by atoms with E-state index in [1.807, 2.05) is 6.92 Å². The summed E-state index contributed by atoms with van der Waals surface area (Å²) in [6, 6.07) is 0. The fourth-order valence-corrected chi connectivity index (χ4v) is 2.38. The van der Waals surface area contributed by atoms with E-state index in [0.29, 0.717) is 9.90 Å². The van der Waals surface area contributed by atoms with Crippen LogP contribution in [-0.2, 0) is 4.79 Å². The number of aryl methyl sites for hydroxylation is 1. The van der Waals surface area contributed by atoms with Crippen molar-refractivity contribution in [1.82, 2.24) is 4.90 Å². The highest BCUT2D eigenvalue weighted by atomic mass is 35.5. The third-order valence-electron chi connectivity index (χ3n) is 2.10. The van der Waals surface area contributed by atoms with Gasteiger partial charge in [0.1, 0.15) is 4.88 Å². The molecular weight excluding hydrogens is 250 g/mol. The van der Waals surface area contributed by atoms with Crippen LogP contribution in [-0.4, -0.2) is 35.5 Å². The Labute approximate surface area is 102 Å². The average molecular weight is 262 g/mol. The lowest BCUT2D eigenvalue weighted by atomic mass is 10.3. The van der Waals surface area contributed by atoms with Gasteiger partial charge in [0.2, 0.25) is 0 Å². The van der Waals surface area contributed by atoms with Crippen LogP contribution in [0.2, 0.25) is 5.02 Å². The molecule has 0 spiro atoms. The van der Waals surface area contributed by atoms with E-state index < -0.39 is 5.97 Å². The first kappa shape index (κ1) is 13.0. The first-order valence-corrected chi connectivity index (χ1v) is 5.90. The fourth-order valence-electron chi connectivity index (χ4n) is 1.11. The van der Waals surface area contributed by atoms with Gasteiger partial charge in [0.05, 0.1) is 11.4 Å². The molecule has 0 atom stereocenters. The largest absolute Gasteiger partial charge is 0.481 e. The van der Waals surface area contributed by atoms with Crippen molar-refractivity contribution < 1.29 is 14.7 Å². The summed E-state index contributed by atoms with van der Waals surface area (Å²) in [4.78, 5) is 24.1. The van der Waals surface area contributed by atoms with Crippen molar-refractivity contribution in [3.8, 4) is 0 Å². The lowest BCUT2D eigenvalue weighted by Crippen LogP contribution is -2.28. The summed E-state index contributed by atoms with van der Waals surface area (Å²) in [6.07, 6.45) is -0.0653. The van der Waals surface area contributed by atoms with Crippen molar-refractivity contribution in [2.45, 2.75) is 13.3 Å². The number of carboxylic acids is 1. The molecule has 88 valence electrons. The summed E-state index contributed by atoms with van der Waals surface area (Å²) in [6.45, 7) is 2.01. The molecule has 0 saturated heterocycles. The second kappa shape index (κ2) is 5.32. The highest BCUT2D eigenvalue weighted by Crippen LogP contribution is 2.28. The van der Waals surface area contributed by atoms with Crippen molar-refractivity contribution in [1.29, 1.82) is 0 Å². The van der Waals surface area contributed by atoms with E-state index in [1.165, 1.54) is 16.2 Å². The average Bonchev–Trinajstić information content (AvgIpc) is 2.55. The molecule has 0 unspecified atom stereocenters. The SMILES string of the molecule is Cc1csc(C(=O)N(C)CCC(=O)O)c1Cl. The maximum atomic E-state index is 11.9. The smallest absolute Gasteiger partial charge is 0.305 e. The van der Waals surface area contributed by atoms with Crippen LogP contribution in [0.25, 0.3) is 0 Å². The zero-order valence-electron chi connectivity index (χ0n) is 8.99. The Kier molecular flexibility index (Phi) is 4.32. The van der Waals surface area contributed by atoms with Gasteiger partial charge in [0, 0.05) is 13.6 Å². The predicted molar refractivity (Wildman–Crippen MR) is 63.3 cm³/mol. The number of hydrogen-bond acceptors (Lipinski definition) is 3. The normalized spacial score (nSPS) is 10.2. The minimum absolute atomic E-state index is 0.0653. The predicted octanol–water partition coefficient (Wildman–Crippen LogP) is 2.26. The third-order valence-corrected chi connectivity index (χ3v) is 3.79. The number of thiophene rings is 1. The summed E-state index contributed by atoms with van der Waals surface area (Å²) in [5, 5.41) is 10.8. The molecule has 0 radical (unpaired) electrons. The number of amides is 1. The van der Waals surface area contributed by atoms with Gasteiger partial charge < -0.3 is 10.0 Å². The molecule has 1 rings (SSSR count). The summed E-state index contributed by atoms with van der Waals surface area (Å²) in [5.41, 5.74) is 0.863. The second-order valence-corrected chi connectivity index (χ2v) is 4.69. The van der Waals surface area contributed by atoms with Gasteiger partial charge in [-0.05, 0) is 17.9 Å². The summed E-state index contributed by atoms with van der Waals surface area (Å²) >= 11 is 7.23. The van der Waals surface area contributed by atoms with Gasteiger partial charge in [-0.15, -0.1) is 11.3 Å². The maximum absolute atomic E-state index is 11.9. The fraction of sp³-hybridized carbons (Fsp3) is 0.400. The van der Waals surface area contributed by atoms with E-state index in [0.717, 1.165) is 5.56 Å². The number of nitrogens with zero attached hydrogens (tertiary/aromatic N) is 1. The van der Waals surface area contributed by atoms with Crippen molar-refractivity contribution in [2.24, 2.45) is 0 Å². The topological polar surface area (TPSA) is 57.6 Å². The van der Waals surface area contributed by atoms with E-state index in [4.69, 9.17) is 16.7 Å². The van der Waals surface area contributed by atoms with E-state index in [9.17, 15) is 9.59 Å². The lowest BCUT2D eigenvalue weighted by Gasteiger charge is -2.15. The standard InChI is InChI=1S/C10H12ClNO3S/c1-6-5-16-9(8(6)11)10(15)12(2)4-3-7(13)14/h5H,3-4H2,1-2H3,(H,13,14). The van der Waals surface area contributed by atoms with Gasteiger partial charge in [0.25, 0.3) is 5.91 Å². The van der Waals surface area contributed by atoms with Crippen LogP contribution >= 0.6 is 22.9 Å².